The van der Waals surface area contributed by atoms with Gasteiger partial charge in [-0.05, 0) is 56.0 Å². The van der Waals surface area contributed by atoms with Crippen molar-refractivity contribution in [2.24, 2.45) is 4.99 Å². The minimum absolute atomic E-state index is 0.0752. The van der Waals surface area contributed by atoms with Crippen molar-refractivity contribution in [1.82, 2.24) is 14.8 Å². The number of benzene rings is 1. The number of aliphatic imine (C=N–C) groups is 1. The lowest BCUT2D eigenvalue weighted by Gasteiger charge is -2.34. The second-order valence-corrected chi connectivity index (χ2v) is 8.64. The molecule has 2 aliphatic heterocycles. The molecule has 0 bridgehead atoms. The summed E-state index contributed by atoms with van der Waals surface area (Å²) in [6, 6.07) is 13.3. The maximum Gasteiger partial charge on any atom is 0.272 e. The Labute approximate surface area is 193 Å². The first-order valence-electron chi connectivity index (χ1n) is 11.0. The molecule has 1 saturated heterocycles. The average molecular weight is 451 g/mol. The molecule has 6 nitrogen and oxygen atoms in total. The van der Waals surface area contributed by atoms with Crippen molar-refractivity contribution in [2.75, 3.05) is 26.2 Å². The predicted molar refractivity (Wildman–Crippen MR) is 126 cm³/mol. The van der Waals surface area contributed by atoms with Crippen molar-refractivity contribution < 1.29 is 9.59 Å². The van der Waals surface area contributed by atoms with Gasteiger partial charge in [0, 0.05) is 49.0 Å². The van der Waals surface area contributed by atoms with Crippen LogP contribution in [0.3, 0.4) is 0 Å². The van der Waals surface area contributed by atoms with Gasteiger partial charge in [-0.1, -0.05) is 35.9 Å². The standard InChI is InChI=1S/C25H27ClN4O2/c1-18-6-4-11-23(28-18)25(32)30-14-12-29(13-15-30)24(31)22-10-3-2-7-20(17-27-22)19-8-5-9-21(26)16-19/h4-6,8-11,16-17,20H,2-3,7,12-15H2,1H3/b22-10-,27-17?. The summed E-state index contributed by atoms with van der Waals surface area (Å²) in [5.41, 5.74) is 2.86. The van der Waals surface area contributed by atoms with Gasteiger partial charge in [-0.3, -0.25) is 14.6 Å². The number of aromatic nitrogens is 1. The first-order valence-corrected chi connectivity index (χ1v) is 11.4. The Morgan fingerprint density at radius 1 is 1.00 bits per heavy atom. The Morgan fingerprint density at radius 2 is 1.72 bits per heavy atom. The molecule has 0 radical (unpaired) electrons. The summed E-state index contributed by atoms with van der Waals surface area (Å²) >= 11 is 6.15. The molecule has 4 rings (SSSR count). The van der Waals surface area contributed by atoms with Gasteiger partial charge >= 0.3 is 0 Å². The SMILES string of the molecule is Cc1cccc(C(=O)N2CCN(C(=O)/C3=C/CCCC(c4cccc(Cl)c4)C=N3)CC2)n1. The van der Waals surface area contributed by atoms with Crippen LogP contribution in [0.4, 0.5) is 0 Å². The fourth-order valence-corrected chi connectivity index (χ4v) is 4.30. The molecule has 0 spiro atoms. The van der Waals surface area contributed by atoms with Gasteiger partial charge in [0.2, 0.25) is 0 Å². The highest BCUT2D eigenvalue weighted by Crippen LogP contribution is 2.26. The van der Waals surface area contributed by atoms with Crippen molar-refractivity contribution >= 4 is 29.6 Å². The third kappa shape index (κ3) is 5.25. The van der Waals surface area contributed by atoms with Gasteiger partial charge in [0.25, 0.3) is 11.8 Å². The number of piperazine rings is 1. The van der Waals surface area contributed by atoms with Crippen LogP contribution < -0.4 is 0 Å². The van der Waals surface area contributed by atoms with Gasteiger partial charge in [0.1, 0.15) is 11.4 Å². The van der Waals surface area contributed by atoms with E-state index in [-0.39, 0.29) is 17.7 Å². The zero-order valence-corrected chi connectivity index (χ0v) is 19.0. The van der Waals surface area contributed by atoms with E-state index in [9.17, 15) is 9.59 Å². The molecule has 2 amide bonds. The van der Waals surface area contributed by atoms with E-state index in [2.05, 4.69) is 16.0 Å². The van der Waals surface area contributed by atoms with Gasteiger partial charge in [0.05, 0.1) is 0 Å². The second-order valence-electron chi connectivity index (χ2n) is 8.21. The van der Waals surface area contributed by atoms with Crippen molar-refractivity contribution in [3.63, 3.8) is 0 Å². The van der Waals surface area contributed by atoms with E-state index in [0.717, 1.165) is 30.5 Å². The number of nitrogens with zero attached hydrogens (tertiary/aromatic N) is 4. The molecule has 2 aliphatic rings. The number of amides is 2. The fourth-order valence-electron chi connectivity index (χ4n) is 4.11. The first kappa shape index (κ1) is 22.2. The maximum atomic E-state index is 13.1. The fraction of sp³-hybridized carbons (Fsp3) is 0.360. The predicted octanol–water partition coefficient (Wildman–Crippen LogP) is 4.25. The van der Waals surface area contributed by atoms with Crippen LogP contribution in [0.2, 0.25) is 5.02 Å². The topological polar surface area (TPSA) is 65.9 Å². The molecule has 32 heavy (non-hydrogen) atoms. The smallest absolute Gasteiger partial charge is 0.272 e. The first-order chi connectivity index (χ1) is 15.5. The van der Waals surface area contributed by atoms with Gasteiger partial charge in [-0.25, -0.2) is 4.98 Å². The lowest BCUT2D eigenvalue weighted by molar-refractivity contribution is -0.128. The van der Waals surface area contributed by atoms with E-state index in [4.69, 9.17) is 11.6 Å². The largest absolute Gasteiger partial charge is 0.334 e. The highest BCUT2D eigenvalue weighted by Gasteiger charge is 2.27. The summed E-state index contributed by atoms with van der Waals surface area (Å²) in [6.45, 7) is 3.82. The Balaban J connectivity index is 1.39. The summed E-state index contributed by atoms with van der Waals surface area (Å²) in [5, 5.41) is 0.707. The highest BCUT2D eigenvalue weighted by atomic mass is 35.5. The molecule has 7 heteroatoms. The molecule has 0 saturated carbocycles. The van der Waals surface area contributed by atoms with E-state index in [0.29, 0.717) is 42.6 Å². The normalized spacial score (nSPS) is 20.8. The number of pyridine rings is 1. The number of carbonyl (C=O) groups excluding carboxylic acids is 2. The third-order valence-electron chi connectivity index (χ3n) is 5.91. The molecular weight excluding hydrogens is 424 g/mol. The van der Waals surface area contributed by atoms with Crippen LogP contribution in [0.25, 0.3) is 0 Å². The van der Waals surface area contributed by atoms with Crippen LogP contribution in [0, 0.1) is 6.92 Å². The minimum Gasteiger partial charge on any atom is -0.334 e. The number of halogens is 1. The molecular formula is C25H27ClN4O2. The number of rotatable bonds is 3. The monoisotopic (exact) mass is 450 g/mol. The third-order valence-corrected chi connectivity index (χ3v) is 6.14. The van der Waals surface area contributed by atoms with Crippen LogP contribution in [0.1, 0.15) is 46.9 Å². The summed E-state index contributed by atoms with van der Waals surface area (Å²) in [6.07, 6.45) is 6.56. The van der Waals surface area contributed by atoms with E-state index in [1.807, 2.05) is 49.5 Å². The minimum atomic E-state index is -0.0895. The molecule has 166 valence electrons. The molecule has 1 atom stereocenters. The number of allylic oxidation sites excluding steroid dienone is 1. The van der Waals surface area contributed by atoms with Crippen LogP contribution in [-0.2, 0) is 4.79 Å². The van der Waals surface area contributed by atoms with Crippen LogP contribution in [0.15, 0.2) is 59.2 Å². The van der Waals surface area contributed by atoms with Crippen LogP contribution in [-0.4, -0.2) is 59.0 Å². The Bertz CT molecular complexity index is 1060. The molecule has 0 N–H and O–H groups in total. The molecule has 3 heterocycles. The maximum absolute atomic E-state index is 13.1. The van der Waals surface area contributed by atoms with Crippen molar-refractivity contribution in [3.05, 3.63) is 76.2 Å². The number of hydrogen-bond donors (Lipinski definition) is 0. The number of aryl methyl sites for hydroxylation is 1. The Kier molecular flexibility index (Phi) is 7.00. The average Bonchev–Trinajstić information content (AvgIpc) is 2.78. The summed E-state index contributed by atoms with van der Waals surface area (Å²) in [4.78, 5) is 38.3. The van der Waals surface area contributed by atoms with E-state index < -0.39 is 0 Å². The Hall–Kier alpha value is -2.99. The summed E-state index contributed by atoms with van der Waals surface area (Å²) < 4.78 is 0. The quantitative estimate of drug-likeness (QED) is 0.702. The van der Waals surface area contributed by atoms with Gasteiger partial charge in [-0.2, -0.15) is 0 Å². The van der Waals surface area contributed by atoms with Crippen LogP contribution in [0.5, 0.6) is 0 Å². The van der Waals surface area contributed by atoms with E-state index in [1.165, 1.54) is 0 Å². The van der Waals surface area contributed by atoms with Crippen molar-refractivity contribution in [1.29, 1.82) is 0 Å². The molecule has 0 aliphatic carbocycles. The molecule has 1 unspecified atom stereocenters. The highest BCUT2D eigenvalue weighted by molar-refractivity contribution is 6.30. The van der Waals surface area contributed by atoms with Gasteiger partial charge in [0.15, 0.2) is 0 Å². The summed E-state index contributed by atoms with van der Waals surface area (Å²) in [5.74, 6) is -0.0244. The molecule has 1 aromatic heterocycles. The van der Waals surface area contributed by atoms with E-state index in [1.54, 1.807) is 15.9 Å². The lowest BCUT2D eigenvalue weighted by Crippen LogP contribution is -2.51. The van der Waals surface area contributed by atoms with Crippen molar-refractivity contribution in [2.45, 2.75) is 32.1 Å². The van der Waals surface area contributed by atoms with Crippen LogP contribution >= 0.6 is 11.6 Å². The van der Waals surface area contributed by atoms with Gasteiger partial charge in [-0.15, -0.1) is 0 Å². The molecule has 2 aromatic rings. The zero-order valence-electron chi connectivity index (χ0n) is 18.2. The second kappa shape index (κ2) is 10.1. The molecule has 1 fully saturated rings. The van der Waals surface area contributed by atoms with Crippen molar-refractivity contribution in [3.8, 4) is 0 Å². The van der Waals surface area contributed by atoms with Gasteiger partial charge < -0.3 is 9.80 Å². The number of hydrogen-bond acceptors (Lipinski definition) is 4. The van der Waals surface area contributed by atoms with E-state index >= 15 is 0 Å². The Morgan fingerprint density at radius 3 is 2.44 bits per heavy atom. The zero-order chi connectivity index (χ0) is 22.5. The lowest BCUT2D eigenvalue weighted by atomic mass is 9.93. The number of carbonyl (C=O) groups is 2. The molecule has 1 aromatic carbocycles. The summed E-state index contributed by atoms with van der Waals surface area (Å²) in [7, 11) is 0.